The van der Waals surface area contributed by atoms with Crippen LogP contribution in [0.4, 0.5) is 5.82 Å². The van der Waals surface area contributed by atoms with Gasteiger partial charge in [-0.2, -0.15) is 0 Å². The molecule has 30 heavy (non-hydrogen) atoms. The normalized spacial score (nSPS) is 23.3. The van der Waals surface area contributed by atoms with Crippen LogP contribution >= 0.6 is 11.8 Å². The Hall–Kier alpha value is -2.39. The Morgan fingerprint density at radius 1 is 1.20 bits per heavy atom. The maximum absolute atomic E-state index is 13.1. The van der Waals surface area contributed by atoms with Gasteiger partial charge in [-0.1, -0.05) is 6.07 Å². The van der Waals surface area contributed by atoms with Crippen LogP contribution in [0.1, 0.15) is 49.1 Å². The van der Waals surface area contributed by atoms with Crippen LogP contribution in [0.5, 0.6) is 11.5 Å². The minimum Gasteiger partial charge on any atom is -0.493 e. The molecule has 1 aromatic carbocycles. The number of carbonyl (C=O) groups is 1. The average molecular weight is 434 g/mol. The van der Waals surface area contributed by atoms with E-state index in [-0.39, 0.29) is 34.1 Å². The molecule has 1 amide bonds. The molecule has 0 aliphatic carbocycles. The number of H-pyrrole nitrogens is 1. The summed E-state index contributed by atoms with van der Waals surface area (Å²) in [6.07, 6.45) is 1.51. The van der Waals surface area contributed by atoms with E-state index in [9.17, 15) is 9.59 Å². The number of aromatic nitrogens is 2. The fraction of sp³-hybridized carbons (Fsp3) is 0.524. The number of thioether (sulfide) groups is 1. The molecule has 0 saturated carbocycles. The van der Waals surface area contributed by atoms with E-state index in [1.165, 1.54) is 11.8 Å². The Balaban J connectivity index is 1.80. The second kappa shape index (κ2) is 8.03. The van der Waals surface area contributed by atoms with Crippen LogP contribution < -0.4 is 20.3 Å². The van der Waals surface area contributed by atoms with Gasteiger partial charge in [-0.25, -0.2) is 0 Å². The first-order valence-electron chi connectivity index (χ1n) is 9.94. The van der Waals surface area contributed by atoms with Gasteiger partial charge in [0.1, 0.15) is 5.82 Å². The molecule has 2 aliphatic rings. The third-order valence-corrected chi connectivity index (χ3v) is 6.88. The van der Waals surface area contributed by atoms with Crippen molar-refractivity contribution in [3.05, 3.63) is 39.7 Å². The highest BCUT2D eigenvalue weighted by molar-refractivity contribution is 8.00. The Morgan fingerprint density at radius 3 is 2.67 bits per heavy atom. The lowest BCUT2D eigenvalue weighted by atomic mass is 9.94. The molecule has 2 atom stereocenters. The first-order chi connectivity index (χ1) is 14.3. The monoisotopic (exact) mass is 433 g/mol. The summed E-state index contributed by atoms with van der Waals surface area (Å²) in [7, 11) is 3.16. The Morgan fingerprint density at radius 2 is 1.97 bits per heavy atom. The average Bonchev–Trinajstić information content (AvgIpc) is 2.92. The molecule has 3 heterocycles. The fourth-order valence-corrected chi connectivity index (χ4v) is 5.33. The van der Waals surface area contributed by atoms with E-state index in [0.717, 1.165) is 18.4 Å². The summed E-state index contributed by atoms with van der Waals surface area (Å²) in [6, 6.07) is 5.64. The molecule has 8 nitrogen and oxygen atoms in total. The zero-order chi connectivity index (χ0) is 21.5. The van der Waals surface area contributed by atoms with Crippen LogP contribution in [-0.4, -0.2) is 47.9 Å². The van der Waals surface area contributed by atoms with Crippen LogP contribution in [0.3, 0.4) is 0 Å². The Labute approximate surface area is 179 Å². The van der Waals surface area contributed by atoms with Crippen molar-refractivity contribution in [2.24, 2.45) is 0 Å². The molecule has 2 aliphatic heterocycles. The lowest BCUT2D eigenvalue weighted by Gasteiger charge is -2.36. The van der Waals surface area contributed by atoms with E-state index < -0.39 is 0 Å². The van der Waals surface area contributed by atoms with Gasteiger partial charge in [0.15, 0.2) is 11.5 Å². The number of benzene rings is 1. The molecular weight excluding hydrogens is 406 g/mol. The lowest BCUT2D eigenvalue weighted by Crippen LogP contribution is -2.36. The SMILES string of the molecule is COc1ccc([C@@H]2SCC(=O)Nc3c2c(=O)[nH]n3[C@H]2CCOC(C)(C)C2)cc1OC. The highest BCUT2D eigenvalue weighted by Gasteiger charge is 2.36. The van der Waals surface area contributed by atoms with Gasteiger partial charge in [0.05, 0.1) is 42.4 Å². The largest absolute Gasteiger partial charge is 0.493 e. The molecule has 0 spiro atoms. The van der Waals surface area contributed by atoms with Crippen LogP contribution in [0.15, 0.2) is 23.0 Å². The molecule has 0 bridgehead atoms. The zero-order valence-electron chi connectivity index (χ0n) is 17.6. The second-order valence-corrected chi connectivity index (χ2v) is 9.28. The summed E-state index contributed by atoms with van der Waals surface area (Å²) in [5.74, 6) is 1.89. The van der Waals surface area contributed by atoms with E-state index in [2.05, 4.69) is 10.4 Å². The predicted molar refractivity (Wildman–Crippen MR) is 116 cm³/mol. The molecule has 1 fully saturated rings. The number of ether oxygens (including phenoxy) is 3. The third-order valence-electron chi connectivity index (χ3n) is 5.61. The van der Waals surface area contributed by atoms with E-state index in [0.29, 0.717) is 29.5 Å². The molecule has 2 N–H and O–H groups in total. The maximum atomic E-state index is 13.1. The summed E-state index contributed by atoms with van der Waals surface area (Å²) in [5, 5.41) is 5.64. The molecule has 1 saturated heterocycles. The number of nitrogens with one attached hydrogen (secondary N) is 2. The van der Waals surface area contributed by atoms with Gasteiger partial charge in [0, 0.05) is 6.61 Å². The number of methoxy groups -OCH3 is 2. The number of amides is 1. The van der Waals surface area contributed by atoms with Gasteiger partial charge in [-0.3, -0.25) is 19.4 Å². The van der Waals surface area contributed by atoms with Crippen molar-refractivity contribution in [3.8, 4) is 11.5 Å². The van der Waals surface area contributed by atoms with E-state index in [1.54, 1.807) is 14.2 Å². The van der Waals surface area contributed by atoms with Crippen molar-refractivity contribution in [2.75, 3.05) is 31.9 Å². The van der Waals surface area contributed by atoms with Crippen molar-refractivity contribution >= 4 is 23.5 Å². The first-order valence-corrected chi connectivity index (χ1v) is 11.0. The summed E-state index contributed by atoms with van der Waals surface area (Å²) in [6.45, 7) is 4.69. The minimum absolute atomic E-state index is 0.0413. The smallest absolute Gasteiger partial charge is 0.270 e. The van der Waals surface area contributed by atoms with Gasteiger partial charge in [0.2, 0.25) is 5.91 Å². The van der Waals surface area contributed by atoms with Gasteiger partial charge in [-0.15, -0.1) is 11.8 Å². The molecule has 0 radical (unpaired) electrons. The predicted octanol–water partition coefficient (Wildman–Crippen LogP) is 3.10. The molecule has 2 aromatic rings. The lowest BCUT2D eigenvalue weighted by molar-refractivity contribution is -0.113. The number of hydrogen-bond acceptors (Lipinski definition) is 6. The third kappa shape index (κ3) is 3.83. The summed E-state index contributed by atoms with van der Waals surface area (Å²) >= 11 is 1.43. The topological polar surface area (TPSA) is 94.6 Å². The van der Waals surface area contributed by atoms with Crippen LogP contribution in [0.2, 0.25) is 0 Å². The molecule has 0 unspecified atom stereocenters. The van der Waals surface area contributed by atoms with Gasteiger partial charge in [0.25, 0.3) is 5.56 Å². The molecule has 4 rings (SSSR count). The molecule has 162 valence electrons. The summed E-state index contributed by atoms with van der Waals surface area (Å²) in [4.78, 5) is 25.6. The number of nitrogens with zero attached hydrogens (tertiary/aromatic N) is 1. The van der Waals surface area contributed by atoms with Crippen molar-refractivity contribution in [1.82, 2.24) is 9.78 Å². The van der Waals surface area contributed by atoms with Gasteiger partial charge >= 0.3 is 0 Å². The molecular formula is C21H27N3O5S. The van der Waals surface area contributed by atoms with E-state index in [1.807, 2.05) is 36.7 Å². The highest BCUT2D eigenvalue weighted by Crippen LogP contribution is 2.44. The van der Waals surface area contributed by atoms with Gasteiger partial charge in [-0.05, 0) is 44.4 Å². The van der Waals surface area contributed by atoms with E-state index >= 15 is 0 Å². The number of fused-ring (bicyclic) bond motifs is 1. The second-order valence-electron chi connectivity index (χ2n) is 8.18. The maximum Gasteiger partial charge on any atom is 0.270 e. The number of rotatable bonds is 4. The standard InChI is InChI=1S/C21H27N3O5S/c1-21(2)10-13(7-8-29-21)24-19-17(20(26)23-24)18(30-11-16(25)22-19)12-5-6-14(27-3)15(9-12)28-4/h5-6,9,13,18H,7-8,10-11H2,1-4H3,(H,22,25)(H,23,26)/t13-,18-/m0/s1. The Kier molecular flexibility index (Phi) is 5.59. The van der Waals surface area contributed by atoms with Gasteiger partial charge < -0.3 is 19.5 Å². The number of hydrogen-bond donors (Lipinski definition) is 2. The van der Waals surface area contributed by atoms with Crippen molar-refractivity contribution in [3.63, 3.8) is 0 Å². The van der Waals surface area contributed by atoms with Crippen LogP contribution in [-0.2, 0) is 9.53 Å². The summed E-state index contributed by atoms with van der Waals surface area (Å²) in [5.41, 5.74) is 0.959. The Bertz CT molecular complexity index is 1010. The first kappa shape index (κ1) is 20.9. The van der Waals surface area contributed by atoms with Crippen LogP contribution in [0.25, 0.3) is 0 Å². The molecule has 9 heteroatoms. The minimum atomic E-state index is -0.309. The van der Waals surface area contributed by atoms with Crippen molar-refractivity contribution < 1.29 is 19.0 Å². The quantitative estimate of drug-likeness (QED) is 0.770. The number of aromatic amines is 1. The van der Waals surface area contributed by atoms with Crippen molar-refractivity contribution in [2.45, 2.75) is 43.6 Å². The molecule has 1 aromatic heterocycles. The summed E-state index contributed by atoms with van der Waals surface area (Å²) < 4.78 is 18.4. The van der Waals surface area contributed by atoms with Crippen molar-refractivity contribution in [1.29, 1.82) is 0 Å². The van der Waals surface area contributed by atoms with E-state index in [4.69, 9.17) is 14.2 Å². The number of carbonyl (C=O) groups excluding carboxylic acids is 1. The van der Waals surface area contributed by atoms with Crippen LogP contribution in [0, 0.1) is 0 Å². The highest BCUT2D eigenvalue weighted by atomic mass is 32.2. The number of anilines is 1. The fourth-order valence-electron chi connectivity index (χ4n) is 4.22. The zero-order valence-corrected chi connectivity index (χ0v) is 18.4.